The maximum Gasteiger partial charge on any atom is 0.0809 e. The summed E-state index contributed by atoms with van der Waals surface area (Å²) in [6, 6.07) is 0. The van der Waals surface area contributed by atoms with Gasteiger partial charge in [-0.2, -0.15) is 0 Å². The van der Waals surface area contributed by atoms with Gasteiger partial charge in [-0.25, -0.2) is 0 Å². The van der Waals surface area contributed by atoms with Crippen LogP contribution in [0.2, 0.25) is 0 Å². The van der Waals surface area contributed by atoms with Crippen molar-refractivity contribution in [2.24, 2.45) is 23.2 Å². The highest BCUT2D eigenvalue weighted by atomic mass is 16.3. The summed E-state index contributed by atoms with van der Waals surface area (Å²) < 4.78 is 0. The number of rotatable bonds is 6. The summed E-state index contributed by atoms with van der Waals surface area (Å²) in [5.74, 6) is 2.17. The lowest BCUT2D eigenvalue weighted by atomic mass is 9.60. The molecule has 3 aliphatic rings. The smallest absolute Gasteiger partial charge is 0.0809 e. The first-order chi connectivity index (χ1) is 15.1. The molecule has 3 N–H and O–H groups in total. The topological polar surface area (TPSA) is 60.7 Å². The first kappa shape index (κ1) is 27.3. The highest BCUT2D eigenvalue weighted by Crippen LogP contribution is 2.59. The summed E-state index contributed by atoms with van der Waals surface area (Å²) in [6.07, 6.45) is 15.2. The van der Waals surface area contributed by atoms with Gasteiger partial charge in [0.2, 0.25) is 0 Å². The molecule has 0 aromatic heterocycles. The van der Waals surface area contributed by atoms with Crippen molar-refractivity contribution >= 4 is 0 Å². The third-order valence-electron chi connectivity index (χ3n) is 8.31. The van der Waals surface area contributed by atoms with E-state index < -0.39 is 12.2 Å². The second-order valence-electron chi connectivity index (χ2n) is 11.1. The van der Waals surface area contributed by atoms with E-state index >= 15 is 0 Å². The first-order valence-electron chi connectivity index (χ1n) is 13.2. The molecule has 3 rings (SSSR count). The minimum Gasteiger partial charge on any atom is -0.393 e. The third-order valence-corrected chi connectivity index (χ3v) is 8.31. The van der Waals surface area contributed by atoms with Crippen LogP contribution in [0, 0.1) is 23.2 Å². The Bertz CT molecular complexity index is 645. The first-order valence-corrected chi connectivity index (χ1v) is 13.2. The van der Waals surface area contributed by atoms with Crippen molar-refractivity contribution in [2.75, 3.05) is 0 Å². The third kappa shape index (κ3) is 6.81. The van der Waals surface area contributed by atoms with Gasteiger partial charge >= 0.3 is 0 Å². The van der Waals surface area contributed by atoms with Crippen molar-refractivity contribution in [3.8, 4) is 0 Å². The molecule has 0 spiro atoms. The van der Waals surface area contributed by atoms with Gasteiger partial charge in [0, 0.05) is 0 Å². The number of hydrogen-bond acceptors (Lipinski definition) is 3. The Morgan fingerprint density at radius 2 is 1.69 bits per heavy atom. The molecular formula is C29H50O3. The van der Waals surface area contributed by atoms with E-state index in [1.807, 2.05) is 6.92 Å². The number of fused-ring (bicyclic) bond motifs is 1. The number of aliphatic hydroxyl groups excluding tert-OH is 3. The van der Waals surface area contributed by atoms with Crippen molar-refractivity contribution in [2.45, 2.75) is 124 Å². The lowest BCUT2D eigenvalue weighted by Crippen LogP contribution is -2.36. The van der Waals surface area contributed by atoms with Gasteiger partial charge in [0.25, 0.3) is 0 Å². The molecular weight excluding hydrogens is 396 g/mol. The van der Waals surface area contributed by atoms with Crippen LogP contribution in [0.3, 0.4) is 0 Å². The molecule has 0 amide bonds. The standard InChI is InChI=1S/C26H42O3.C3H8/c1-17(7-5-8-18(2)27)22-12-13-23-21(9-6-14-26(22,23)4)11-10-20-15-24(28)19(3)25(29)16-20;1-3-2/h10-11,17-18,22-25,27-29H,3,5-9,12-16H2,1-2,4H3;3H2,1-2H3/b21-11+;/t17-,18?,22-,23+,24-,25-,26-;/m1./s1. The van der Waals surface area contributed by atoms with Gasteiger partial charge in [-0.1, -0.05) is 76.8 Å². The Labute approximate surface area is 197 Å². The number of aliphatic hydroxyl groups is 3. The Kier molecular flexibility index (Phi) is 10.7. The van der Waals surface area contributed by atoms with E-state index in [1.165, 1.54) is 44.9 Å². The lowest BCUT2D eigenvalue weighted by Gasteiger charge is -2.44. The quantitative estimate of drug-likeness (QED) is 0.396. The molecule has 3 nitrogen and oxygen atoms in total. The highest BCUT2D eigenvalue weighted by Gasteiger charge is 2.50. The zero-order valence-electron chi connectivity index (χ0n) is 21.4. The normalized spacial score (nSPS) is 35.7. The molecule has 0 radical (unpaired) electrons. The zero-order chi connectivity index (χ0) is 23.9. The minimum atomic E-state index is -0.613. The molecule has 3 heteroatoms. The van der Waals surface area contributed by atoms with Crippen LogP contribution in [0.15, 0.2) is 35.5 Å². The van der Waals surface area contributed by atoms with E-state index in [0.29, 0.717) is 29.7 Å². The number of hydrogen-bond donors (Lipinski definition) is 3. The van der Waals surface area contributed by atoms with E-state index in [-0.39, 0.29) is 6.10 Å². The molecule has 32 heavy (non-hydrogen) atoms. The lowest BCUT2D eigenvalue weighted by molar-refractivity contribution is 0.0907. The maximum atomic E-state index is 10.1. The molecule has 0 aliphatic heterocycles. The molecule has 0 aromatic carbocycles. The maximum absolute atomic E-state index is 10.1. The Balaban J connectivity index is 0.00000114. The van der Waals surface area contributed by atoms with E-state index in [0.717, 1.165) is 30.3 Å². The van der Waals surface area contributed by atoms with E-state index in [4.69, 9.17) is 0 Å². The minimum absolute atomic E-state index is 0.180. The van der Waals surface area contributed by atoms with Crippen LogP contribution in [-0.4, -0.2) is 33.6 Å². The predicted molar refractivity (Wildman–Crippen MR) is 135 cm³/mol. The van der Waals surface area contributed by atoms with Crippen molar-refractivity contribution in [1.29, 1.82) is 0 Å². The molecule has 184 valence electrons. The zero-order valence-corrected chi connectivity index (χ0v) is 21.4. The average molecular weight is 447 g/mol. The van der Waals surface area contributed by atoms with Gasteiger partial charge in [0.15, 0.2) is 0 Å². The fourth-order valence-electron chi connectivity index (χ4n) is 6.58. The molecule has 0 aromatic rings. The summed E-state index contributed by atoms with van der Waals surface area (Å²) in [5, 5.41) is 29.8. The number of allylic oxidation sites excluding steroid dienone is 3. The SMILES string of the molecule is C=C1[C@H](O)CC(=C/C=C2\CCC[C@]3(C)[C@@H]([C@H](C)CCCC(C)O)CC[C@@H]23)C[C@H]1O.CCC. The van der Waals surface area contributed by atoms with E-state index in [9.17, 15) is 15.3 Å². The van der Waals surface area contributed by atoms with E-state index in [2.05, 4.69) is 46.4 Å². The van der Waals surface area contributed by atoms with Crippen molar-refractivity contribution in [3.63, 3.8) is 0 Å². The predicted octanol–water partition coefficient (Wildman–Crippen LogP) is 6.73. The Morgan fingerprint density at radius 1 is 1.06 bits per heavy atom. The van der Waals surface area contributed by atoms with Crippen LogP contribution in [0.1, 0.15) is 105 Å². The molecule has 3 saturated carbocycles. The Morgan fingerprint density at radius 3 is 2.28 bits per heavy atom. The van der Waals surface area contributed by atoms with Crippen LogP contribution < -0.4 is 0 Å². The van der Waals surface area contributed by atoms with Crippen LogP contribution in [0.4, 0.5) is 0 Å². The van der Waals surface area contributed by atoms with Crippen LogP contribution in [0.25, 0.3) is 0 Å². The average Bonchev–Trinajstić information content (AvgIpc) is 3.08. The van der Waals surface area contributed by atoms with Gasteiger partial charge in [0.05, 0.1) is 18.3 Å². The van der Waals surface area contributed by atoms with E-state index in [1.54, 1.807) is 5.57 Å². The van der Waals surface area contributed by atoms with Gasteiger partial charge in [-0.15, -0.1) is 0 Å². The fourth-order valence-corrected chi connectivity index (χ4v) is 6.58. The van der Waals surface area contributed by atoms with Crippen LogP contribution in [-0.2, 0) is 0 Å². The summed E-state index contributed by atoms with van der Waals surface area (Å²) in [7, 11) is 0. The van der Waals surface area contributed by atoms with Gasteiger partial charge in [0.1, 0.15) is 0 Å². The van der Waals surface area contributed by atoms with Crippen molar-refractivity contribution in [1.82, 2.24) is 0 Å². The Hall–Kier alpha value is -0.900. The second-order valence-corrected chi connectivity index (χ2v) is 11.1. The summed E-state index contributed by atoms with van der Waals surface area (Å²) in [5.41, 5.74) is 3.67. The van der Waals surface area contributed by atoms with Gasteiger partial charge in [-0.3, -0.25) is 0 Å². The summed E-state index contributed by atoms with van der Waals surface area (Å²) >= 11 is 0. The molecule has 1 unspecified atom stereocenters. The summed E-state index contributed by atoms with van der Waals surface area (Å²) in [6.45, 7) is 14.9. The molecule has 7 atom stereocenters. The van der Waals surface area contributed by atoms with Crippen LogP contribution >= 0.6 is 0 Å². The highest BCUT2D eigenvalue weighted by molar-refractivity contribution is 5.29. The van der Waals surface area contributed by atoms with Crippen molar-refractivity contribution in [3.05, 3.63) is 35.5 Å². The fraction of sp³-hybridized carbons (Fsp3) is 0.793. The summed E-state index contributed by atoms with van der Waals surface area (Å²) in [4.78, 5) is 0. The largest absolute Gasteiger partial charge is 0.393 e. The molecule has 0 saturated heterocycles. The van der Waals surface area contributed by atoms with Gasteiger partial charge < -0.3 is 15.3 Å². The van der Waals surface area contributed by atoms with Crippen molar-refractivity contribution < 1.29 is 15.3 Å². The second kappa shape index (κ2) is 12.5. The van der Waals surface area contributed by atoms with Gasteiger partial charge in [-0.05, 0) is 87.0 Å². The van der Waals surface area contributed by atoms with Crippen LogP contribution in [0.5, 0.6) is 0 Å². The molecule has 3 aliphatic carbocycles. The molecule has 3 fully saturated rings. The molecule has 0 heterocycles. The molecule has 0 bridgehead atoms. The monoisotopic (exact) mass is 446 g/mol.